The number of anilines is 2. The van der Waals surface area contributed by atoms with Crippen LogP contribution in [0.25, 0.3) is 0 Å². The van der Waals surface area contributed by atoms with Crippen LogP contribution in [0.3, 0.4) is 0 Å². The number of ether oxygens (including phenoxy) is 1. The van der Waals surface area contributed by atoms with Gasteiger partial charge in [-0.25, -0.2) is 9.78 Å². The van der Waals surface area contributed by atoms with Gasteiger partial charge in [0.05, 0.1) is 24.6 Å². The van der Waals surface area contributed by atoms with E-state index in [0.29, 0.717) is 22.1 Å². The zero-order valence-electron chi connectivity index (χ0n) is 9.11. The molecule has 0 unspecified atom stereocenters. The molecule has 94 valence electrons. The maximum Gasteiger partial charge on any atom is 0.340 e. The van der Waals surface area contributed by atoms with E-state index in [9.17, 15) is 4.79 Å². The maximum atomic E-state index is 11.5. The molecule has 0 fully saturated rings. The van der Waals surface area contributed by atoms with E-state index in [1.165, 1.54) is 24.6 Å². The van der Waals surface area contributed by atoms with Crippen LogP contribution >= 0.6 is 34.5 Å². The summed E-state index contributed by atoms with van der Waals surface area (Å²) < 4.78 is 4.66. The first-order chi connectivity index (χ1) is 8.61. The zero-order valence-corrected chi connectivity index (χ0v) is 11.4. The smallest absolute Gasteiger partial charge is 0.340 e. The lowest BCUT2D eigenvalue weighted by atomic mass is 10.3. The van der Waals surface area contributed by atoms with E-state index >= 15 is 0 Å². The first-order valence-corrected chi connectivity index (χ1v) is 6.41. The molecule has 18 heavy (non-hydrogen) atoms. The fourth-order valence-corrected chi connectivity index (χ4v) is 2.24. The number of nitrogens with one attached hydrogen (secondary N) is 1. The standard InChI is InChI=1S/C10H7Cl2N3O2S/c1-17-9(16)5-3-18-4-7(5)14-8-6(11)2-13-10(12)15-8/h2-4H,1H3,(H,13,14,15). The van der Waals surface area contributed by atoms with Gasteiger partial charge < -0.3 is 10.1 Å². The van der Waals surface area contributed by atoms with Gasteiger partial charge in [-0.3, -0.25) is 0 Å². The molecule has 2 heterocycles. The van der Waals surface area contributed by atoms with Crippen LogP contribution in [-0.4, -0.2) is 23.0 Å². The van der Waals surface area contributed by atoms with Gasteiger partial charge in [0, 0.05) is 10.8 Å². The average Bonchev–Trinajstić information content (AvgIpc) is 2.81. The minimum atomic E-state index is -0.435. The highest BCUT2D eigenvalue weighted by atomic mass is 35.5. The lowest BCUT2D eigenvalue weighted by Crippen LogP contribution is -2.04. The third kappa shape index (κ3) is 2.72. The van der Waals surface area contributed by atoms with Gasteiger partial charge in [0.1, 0.15) is 5.02 Å². The van der Waals surface area contributed by atoms with Crippen LogP contribution in [0.15, 0.2) is 17.0 Å². The minimum Gasteiger partial charge on any atom is -0.465 e. The predicted octanol–water partition coefficient (Wildman–Crippen LogP) is 3.38. The Morgan fingerprint density at radius 1 is 1.44 bits per heavy atom. The van der Waals surface area contributed by atoms with Gasteiger partial charge in [-0.1, -0.05) is 11.6 Å². The van der Waals surface area contributed by atoms with Gasteiger partial charge in [0.2, 0.25) is 5.28 Å². The molecule has 0 amide bonds. The van der Waals surface area contributed by atoms with Crippen molar-refractivity contribution in [2.24, 2.45) is 0 Å². The lowest BCUT2D eigenvalue weighted by molar-refractivity contribution is 0.0602. The van der Waals surface area contributed by atoms with Crippen molar-refractivity contribution in [1.29, 1.82) is 0 Å². The number of methoxy groups -OCH3 is 1. The first kappa shape index (κ1) is 13.1. The van der Waals surface area contributed by atoms with Crippen LogP contribution in [0.2, 0.25) is 10.3 Å². The Bertz CT molecular complexity index is 588. The number of esters is 1. The van der Waals surface area contributed by atoms with Crippen LogP contribution in [0.5, 0.6) is 0 Å². The van der Waals surface area contributed by atoms with E-state index in [0.717, 1.165) is 0 Å². The van der Waals surface area contributed by atoms with Crippen LogP contribution in [-0.2, 0) is 4.74 Å². The molecule has 1 N–H and O–H groups in total. The number of carbonyl (C=O) groups excluding carboxylic acids is 1. The molecule has 0 aliphatic heterocycles. The molecule has 0 atom stereocenters. The van der Waals surface area contributed by atoms with E-state index in [1.807, 2.05) is 0 Å². The average molecular weight is 304 g/mol. The summed E-state index contributed by atoms with van der Waals surface area (Å²) >= 11 is 13.0. The Morgan fingerprint density at radius 3 is 2.94 bits per heavy atom. The van der Waals surface area contributed by atoms with Gasteiger partial charge in [-0.2, -0.15) is 4.98 Å². The molecule has 0 bridgehead atoms. The molecule has 5 nitrogen and oxygen atoms in total. The fraction of sp³-hybridized carbons (Fsp3) is 0.100. The highest BCUT2D eigenvalue weighted by Gasteiger charge is 2.14. The third-order valence-corrected chi connectivity index (χ3v) is 3.24. The quantitative estimate of drug-likeness (QED) is 0.695. The second-order valence-electron chi connectivity index (χ2n) is 3.15. The highest BCUT2D eigenvalue weighted by molar-refractivity contribution is 7.08. The first-order valence-electron chi connectivity index (χ1n) is 4.71. The van der Waals surface area contributed by atoms with Gasteiger partial charge >= 0.3 is 5.97 Å². The zero-order chi connectivity index (χ0) is 13.1. The van der Waals surface area contributed by atoms with E-state index < -0.39 is 5.97 Å². The second-order valence-corrected chi connectivity index (χ2v) is 4.64. The van der Waals surface area contributed by atoms with Crippen LogP contribution in [0.4, 0.5) is 11.5 Å². The van der Waals surface area contributed by atoms with Gasteiger partial charge in [0.15, 0.2) is 5.82 Å². The fourth-order valence-electron chi connectivity index (χ4n) is 1.22. The molecule has 0 aliphatic rings. The van der Waals surface area contributed by atoms with Gasteiger partial charge in [-0.15, -0.1) is 11.3 Å². The van der Waals surface area contributed by atoms with Crippen LogP contribution in [0, 0.1) is 0 Å². The Morgan fingerprint density at radius 2 is 2.22 bits per heavy atom. The Hall–Kier alpha value is -1.37. The van der Waals surface area contributed by atoms with Crippen molar-refractivity contribution in [3.8, 4) is 0 Å². The van der Waals surface area contributed by atoms with Gasteiger partial charge in [0.25, 0.3) is 0 Å². The van der Waals surface area contributed by atoms with E-state index in [-0.39, 0.29) is 5.28 Å². The minimum absolute atomic E-state index is 0.0664. The highest BCUT2D eigenvalue weighted by Crippen LogP contribution is 2.28. The summed E-state index contributed by atoms with van der Waals surface area (Å²) in [5.74, 6) is -0.102. The predicted molar refractivity (Wildman–Crippen MR) is 71.0 cm³/mol. The summed E-state index contributed by atoms with van der Waals surface area (Å²) in [7, 11) is 1.32. The van der Waals surface area contributed by atoms with Crippen molar-refractivity contribution >= 4 is 52.0 Å². The summed E-state index contributed by atoms with van der Waals surface area (Å²) in [4.78, 5) is 19.2. The number of hydrogen-bond donors (Lipinski definition) is 1. The number of carbonyl (C=O) groups is 1. The summed E-state index contributed by atoms with van der Waals surface area (Å²) in [6, 6.07) is 0. The molecule has 2 rings (SSSR count). The van der Waals surface area contributed by atoms with E-state index in [4.69, 9.17) is 23.2 Å². The molecule has 0 aromatic carbocycles. The van der Waals surface area contributed by atoms with Crippen molar-refractivity contribution in [1.82, 2.24) is 9.97 Å². The molecule has 0 spiro atoms. The van der Waals surface area contributed by atoms with E-state index in [2.05, 4.69) is 20.0 Å². The number of halogens is 2. The number of aromatic nitrogens is 2. The molecule has 0 aliphatic carbocycles. The maximum absolute atomic E-state index is 11.5. The molecular weight excluding hydrogens is 297 g/mol. The molecule has 0 radical (unpaired) electrons. The van der Waals surface area contributed by atoms with Crippen molar-refractivity contribution in [3.05, 3.63) is 32.8 Å². The Labute approximate surface area is 117 Å². The normalized spacial score (nSPS) is 10.2. The molecule has 0 saturated heterocycles. The Kier molecular flexibility index (Phi) is 4.00. The van der Waals surface area contributed by atoms with E-state index in [1.54, 1.807) is 10.8 Å². The monoisotopic (exact) mass is 303 g/mol. The molecule has 2 aromatic rings. The number of nitrogens with zero attached hydrogens (tertiary/aromatic N) is 2. The second kappa shape index (κ2) is 5.51. The van der Waals surface area contributed by atoms with Crippen molar-refractivity contribution < 1.29 is 9.53 Å². The summed E-state index contributed by atoms with van der Waals surface area (Å²) in [5, 5.41) is 6.71. The molecule has 8 heteroatoms. The summed E-state index contributed by atoms with van der Waals surface area (Å²) in [5.41, 5.74) is 0.969. The SMILES string of the molecule is COC(=O)c1cscc1Nc1nc(Cl)ncc1Cl. The third-order valence-electron chi connectivity index (χ3n) is 2.04. The van der Waals surface area contributed by atoms with Crippen LogP contribution in [0.1, 0.15) is 10.4 Å². The summed E-state index contributed by atoms with van der Waals surface area (Å²) in [6.07, 6.45) is 1.38. The lowest BCUT2D eigenvalue weighted by Gasteiger charge is -2.07. The topological polar surface area (TPSA) is 64.1 Å². The van der Waals surface area contributed by atoms with Crippen LogP contribution < -0.4 is 5.32 Å². The molecule has 0 saturated carbocycles. The molecule has 2 aromatic heterocycles. The molecular formula is C10H7Cl2N3O2S. The summed E-state index contributed by atoms with van der Waals surface area (Å²) in [6.45, 7) is 0. The van der Waals surface area contributed by atoms with Gasteiger partial charge in [-0.05, 0) is 11.6 Å². The number of thiophene rings is 1. The number of hydrogen-bond acceptors (Lipinski definition) is 6. The Balaban J connectivity index is 2.32. The van der Waals surface area contributed by atoms with Crippen molar-refractivity contribution in [2.45, 2.75) is 0 Å². The largest absolute Gasteiger partial charge is 0.465 e. The van der Waals surface area contributed by atoms with Crippen molar-refractivity contribution in [2.75, 3.05) is 12.4 Å². The number of rotatable bonds is 3. The van der Waals surface area contributed by atoms with Crippen molar-refractivity contribution in [3.63, 3.8) is 0 Å².